The molecule has 0 bridgehead atoms. The maximum atomic E-state index is 12.3. The first-order chi connectivity index (χ1) is 14.2. The van der Waals surface area contributed by atoms with Crippen molar-refractivity contribution in [2.24, 2.45) is 0 Å². The van der Waals surface area contributed by atoms with Gasteiger partial charge in [-0.1, -0.05) is 30.3 Å². The van der Waals surface area contributed by atoms with Gasteiger partial charge in [-0.25, -0.2) is 4.79 Å². The molecule has 2 aromatic carbocycles. The quantitative estimate of drug-likeness (QED) is 0.701. The Bertz CT molecular complexity index is 976. The van der Waals surface area contributed by atoms with Crippen molar-refractivity contribution in [1.82, 2.24) is 15.2 Å². The molecule has 3 aromatic rings. The number of benzene rings is 2. The highest BCUT2D eigenvalue weighted by atomic mass is 16.2. The van der Waals surface area contributed by atoms with Gasteiger partial charge in [-0.15, -0.1) is 0 Å². The van der Waals surface area contributed by atoms with E-state index < -0.39 is 0 Å². The van der Waals surface area contributed by atoms with Crippen LogP contribution in [0.1, 0.15) is 5.56 Å². The van der Waals surface area contributed by atoms with Gasteiger partial charge in [-0.05, 0) is 36.8 Å². The molecule has 29 heavy (non-hydrogen) atoms. The largest absolute Gasteiger partial charge is 0.369 e. The van der Waals surface area contributed by atoms with Crippen LogP contribution in [-0.2, 0) is 0 Å². The molecule has 150 valence electrons. The van der Waals surface area contributed by atoms with Gasteiger partial charge in [-0.2, -0.15) is 0 Å². The standard InChI is InChI=1S/C23H27N5O/c1-18-5-4-6-19(17-18)28-15-13-27(14-16-28)12-11-25-23(29)26-22-9-10-24-21-8-3-2-7-20(21)22/h2-10,17H,11-16H2,1H3,(H2,24,25,26,29). The lowest BCUT2D eigenvalue weighted by Gasteiger charge is -2.36. The van der Waals surface area contributed by atoms with E-state index in [4.69, 9.17) is 0 Å². The van der Waals surface area contributed by atoms with Crippen molar-refractivity contribution >= 4 is 28.3 Å². The number of anilines is 2. The molecule has 1 aromatic heterocycles. The smallest absolute Gasteiger partial charge is 0.319 e. The lowest BCUT2D eigenvalue weighted by atomic mass is 10.2. The van der Waals surface area contributed by atoms with Gasteiger partial charge in [0.2, 0.25) is 0 Å². The van der Waals surface area contributed by atoms with E-state index in [0.717, 1.165) is 49.3 Å². The van der Waals surface area contributed by atoms with Crippen LogP contribution in [0.15, 0.2) is 60.8 Å². The molecule has 0 atom stereocenters. The Labute approximate surface area is 171 Å². The number of hydrogen-bond donors (Lipinski definition) is 2. The van der Waals surface area contributed by atoms with Crippen LogP contribution in [0.2, 0.25) is 0 Å². The molecule has 0 radical (unpaired) electrons. The molecule has 0 unspecified atom stereocenters. The van der Waals surface area contributed by atoms with Gasteiger partial charge >= 0.3 is 6.03 Å². The molecule has 1 saturated heterocycles. The van der Waals surface area contributed by atoms with Crippen molar-refractivity contribution in [2.45, 2.75) is 6.92 Å². The average Bonchev–Trinajstić information content (AvgIpc) is 2.74. The SMILES string of the molecule is Cc1cccc(N2CCN(CCNC(=O)Nc3ccnc4ccccc34)CC2)c1. The van der Waals surface area contributed by atoms with E-state index in [1.807, 2.05) is 30.3 Å². The zero-order chi connectivity index (χ0) is 20.1. The summed E-state index contributed by atoms with van der Waals surface area (Å²) < 4.78 is 0. The number of nitrogens with one attached hydrogen (secondary N) is 2. The summed E-state index contributed by atoms with van der Waals surface area (Å²) in [6, 6.07) is 18.1. The zero-order valence-corrected chi connectivity index (χ0v) is 16.8. The summed E-state index contributed by atoms with van der Waals surface area (Å²) >= 11 is 0. The van der Waals surface area contributed by atoms with Crippen molar-refractivity contribution in [2.75, 3.05) is 49.5 Å². The van der Waals surface area contributed by atoms with Crippen molar-refractivity contribution < 1.29 is 4.79 Å². The average molecular weight is 390 g/mol. The topological polar surface area (TPSA) is 60.5 Å². The van der Waals surface area contributed by atoms with Crippen LogP contribution >= 0.6 is 0 Å². The minimum atomic E-state index is -0.181. The van der Waals surface area contributed by atoms with E-state index in [1.165, 1.54) is 11.3 Å². The number of carbonyl (C=O) groups is 1. The zero-order valence-electron chi connectivity index (χ0n) is 16.8. The molecule has 1 aliphatic heterocycles. The van der Waals surface area contributed by atoms with E-state index in [2.05, 4.69) is 56.6 Å². The second-order valence-corrected chi connectivity index (χ2v) is 7.42. The predicted octanol–water partition coefficient (Wildman–Crippen LogP) is 3.49. The number of nitrogens with zero attached hydrogens (tertiary/aromatic N) is 3. The number of urea groups is 1. The Balaban J connectivity index is 1.22. The number of hydrogen-bond acceptors (Lipinski definition) is 4. The first kappa shape index (κ1) is 19.2. The van der Waals surface area contributed by atoms with Gasteiger partial charge in [0.05, 0.1) is 11.2 Å². The maximum absolute atomic E-state index is 12.3. The van der Waals surface area contributed by atoms with Crippen molar-refractivity contribution in [3.8, 4) is 0 Å². The minimum Gasteiger partial charge on any atom is -0.369 e. The first-order valence-electron chi connectivity index (χ1n) is 10.1. The number of fused-ring (bicyclic) bond motifs is 1. The van der Waals surface area contributed by atoms with Crippen LogP contribution in [0.25, 0.3) is 10.9 Å². The fourth-order valence-electron chi connectivity index (χ4n) is 3.75. The van der Waals surface area contributed by atoms with E-state index in [-0.39, 0.29) is 6.03 Å². The molecule has 4 rings (SSSR count). The molecule has 2 N–H and O–H groups in total. The maximum Gasteiger partial charge on any atom is 0.319 e. The molecule has 2 amide bonds. The summed E-state index contributed by atoms with van der Waals surface area (Å²) in [7, 11) is 0. The predicted molar refractivity (Wildman–Crippen MR) is 119 cm³/mol. The van der Waals surface area contributed by atoms with Crippen LogP contribution in [-0.4, -0.2) is 55.2 Å². The highest BCUT2D eigenvalue weighted by Gasteiger charge is 2.17. The first-order valence-corrected chi connectivity index (χ1v) is 10.1. The van der Waals surface area contributed by atoms with Crippen LogP contribution in [0.4, 0.5) is 16.2 Å². The molecular weight excluding hydrogens is 362 g/mol. The van der Waals surface area contributed by atoms with E-state index in [1.54, 1.807) is 6.20 Å². The highest BCUT2D eigenvalue weighted by molar-refractivity contribution is 6.00. The van der Waals surface area contributed by atoms with Crippen molar-refractivity contribution in [1.29, 1.82) is 0 Å². The summed E-state index contributed by atoms with van der Waals surface area (Å²) in [4.78, 5) is 21.4. The molecule has 1 aliphatic rings. The van der Waals surface area contributed by atoms with E-state index >= 15 is 0 Å². The summed E-state index contributed by atoms with van der Waals surface area (Å²) in [5, 5.41) is 6.85. The normalized spacial score (nSPS) is 14.7. The van der Waals surface area contributed by atoms with Crippen molar-refractivity contribution in [3.63, 3.8) is 0 Å². The molecule has 6 nitrogen and oxygen atoms in total. The second-order valence-electron chi connectivity index (χ2n) is 7.42. The van der Waals surface area contributed by atoms with E-state index in [9.17, 15) is 4.79 Å². The Kier molecular flexibility index (Phi) is 5.91. The molecule has 0 spiro atoms. The van der Waals surface area contributed by atoms with Crippen molar-refractivity contribution in [3.05, 3.63) is 66.4 Å². The number of aryl methyl sites for hydroxylation is 1. The van der Waals surface area contributed by atoms with E-state index in [0.29, 0.717) is 6.54 Å². The number of carbonyl (C=O) groups excluding carboxylic acids is 1. The summed E-state index contributed by atoms with van der Waals surface area (Å²) in [5.74, 6) is 0. The third kappa shape index (κ3) is 4.84. The third-order valence-corrected chi connectivity index (χ3v) is 5.35. The molecule has 2 heterocycles. The summed E-state index contributed by atoms with van der Waals surface area (Å²) in [5.41, 5.74) is 4.24. The number of amides is 2. The van der Waals surface area contributed by atoms with Gasteiger partial charge in [0.15, 0.2) is 0 Å². The fourth-order valence-corrected chi connectivity index (χ4v) is 3.75. The molecule has 1 fully saturated rings. The summed E-state index contributed by atoms with van der Waals surface area (Å²) in [6.45, 7) is 7.65. The van der Waals surface area contributed by atoms with Gasteiger partial charge in [0.25, 0.3) is 0 Å². The molecule has 0 saturated carbocycles. The van der Waals surface area contributed by atoms with Gasteiger partial charge < -0.3 is 15.5 Å². The fraction of sp³-hybridized carbons (Fsp3) is 0.304. The second kappa shape index (κ2) is 8.92. The number of rotatable bonds is 5. The Morgan fingerprint density at radius 3 is 2.69 bits per heavy atom. The lowest BCUT2D eigenvalue weighted by molar-refractivity contribution is 0.240. The Hall–Kier alpha value is -3.12. The Morgan fingerprint density at radius 1 is 1.03 bits per heavy atom. The van der Waals surface area contributed by atoms with Gasteiger partial charge in [-0.3, -0.25) is 9.88 Å². The number of aromatic nitrogens is 1. The van der Waals surface area contributed by atoms with Crippen LogP contribution in [0.3, 0.4) is 0 Å². The minimum absolute atomic E-state index is 0.181. The number of pyridine rings is 1. The summed E-state index contributed by atoms with van der Waals surface area (Å²) in [6.07, 6.45) is 1.71. The Morgan fingerprint density at radius 2 is 1.86 bits per heavy atom. The van der Waals surface area contributed by atoms with Gasteiger partial charge in [0, 0.05) is 56.5 Å². The number of piperazine rings is 1. The molecular formula is C23H27N5O. The molecule has 0 aliphatic carbocycles. The lowest BCUT2D eigenvalue weighted by Crippen LogP contribution is -2.48. The van der Waals surface area contributed by atoms with Gasteiger partial charge in [0.1, 0.15) is 0 Å². The van der Waals surface area contributed by atoms with Crippen LogP contribution in [0, 0.1) is 6.92 Å². The van der Waals surface area contributed by atoms with Crippen LogP contribution < -0.4 is 15.5 Å². The number of para-hydroxylation sites is 1. The molecule has 6 heteroatoms. The third-order valence-electron chi connectivity index (χ3n) is 5.35. The van der Waals surface area contributed by atoms with Crippen LogP contribution in [0.5, 0.6) is 0 Å². The monoisotopic (exact) mass is 389 g/mol. The highest BCUT2D eigenvalue weighted by Crippen LogP contribution is 2.21.